The topological polar surface area (TPSA) is 77.2 Å². The number of nitrogens with zero attached hydrogens (tertiary/aromatic N) is 2. The second kappa shape index (κ2) is 8.11. The van der Waals surface area contributed by atoms with Gasteiger partial charge in [-0.25, -0.2) is 0 Å². The molecular formula is C20H19N3O3. The molecule has 2 aromatic carbocycles. The first-order chi connectivity index (χ1) is 12.7. The van der Waals surface area contributed by atoms with E-state index in [-0.39, 0.29) is 12.5 Å². The van der Waals surface area contributed by atoms with Gasteiger partial charge in [-0.05, 0) is 25.1 Å². The Morgan fingerprint density at radius 3 is 2.92 bits per heavy atom. The number of amides is 1. The molecule has 132 valence electrons. The van der Waals surface area contributed by atoms with Crippen molar-refractivity contribution in [1.82, 2.24) is 15.5 Å². The first-order valence-electron chi connectivity index (χ1n) is 8.18. The van der Waals surface area contributed by atoms with Crippen molar-refractivity contribution in [3.8, 4) is 28.6 Å². The second-order valence-electron chi connectivity index (χ2n) is 5.67. The molecule has 3 rings (SSSR count). The van der Waals surface area contributed by atoms with Crippen LogP contribution in [-0.2, 0) is 4.79 Å². The predicted molar refractivity (Wildman–Crippen MR) is 98.6 cm³/mol. The maximum Gasteiger partial charge on any atom is 0.262 e. The van der Waals surface area contributed by atoms with Crippen LogP contribution in [0.5, 0.6) is 5.75 Å². The summed E-state index contributed by atoms with van der Waals surface area (Å²) in [5.74, 6) is 1.11. The number of aryl methyl sites for hydroxylation is 1. The highest BCUT2D eigenvalue weighted by Crippen LogP contribution is 2.30. The summed E-state index contributed by atoms with van der Waals surface area (Å²) in [5, 5.41) is 6.71. The van der Waals surface area contributed by atoms with Crippen molar-refractivity contribution in [3.05, 3.63) is 66.7 Å². The van der Waals surface area contributed by atoms with Gasteiger partial charge in [-0.15, -0.1) is 6.58 Å². The molecule has 0 spiro atoms. The van der Waals surface area contributed by atoms with Gasteiger partial charge in [0.2, 0.25) is 5.82 Å². The zero-order valence-electron chi connectivity index (χ0n) is 14.4. The minimum Gasteiger partial charge on any atom is -0.483 e. The number of benzene rings is 2. The number of hydrogen-bond acceptors (Lipinski definition) is 5. The smallest absolute Gasteiger partial charge is 0.262 e. The van der Waals surface area contributed by atoms with Crippen LogP contribution in [-0.4, -0.2) is 29.2 Å². The third-order valence-electron chi connectivity index (χ3n) is 3.62. The molecule has 0 aliphatic rings. The average molecular weight is 349 g/mol. The summed E-state index contributed by atoms with van der Waals surface area (Å²) >= 11 is 0. The molecule has 0 aliphatic heterocycles. The minimum absolute atomic E-state index is 0.107. The molecule has 0 bridgehead atoms. The average Bonchev–Trinajstić information content (AvgIpc) is 3.15. The van der Waals surface area contributed by atoms with E-state index in [1.54, 1.807) is 12.1 Å². The van der Waals surface area contributed by atoms with Gasteiger partial charge in [0, 0.05) is 12.1 Å². The summed E-state index contributed by atoms with van der Waals surface area (Å²) in [6.07, 6.45) is 1.61. The number of hydrogen-bond donors (Lipinski definition) is 1. The van der Waals surface area contributed by atoms with Crippen LogP contribution >= 0.6 is 0 Å². The zero-order chi connectivity index (χ0) is 18.4. The van der Waals surface area contributed by atoms with E-state index in [0.29, 0.717) is 29.6 Å². The highest BCUT2D eigenvalue weighted by molar-refractivity contribution is 5.78. The molecule has 6 heteroatoms. The van der Waals surface area contributed by atoms with Gasteiger partial charge in [-0.1, -0.05) is 47.1 Å². The molecule has 1 heterocycles. The molecular weight excluding hydrogens is 330 g/mol. The first kappa shape index (κ1) is 17.4. The number of para-hydroxylation sites is 1. The van der Waals surface area contributed by atoms with Crippen LogP contribution in [0.2, 0.25) is 0 Å². The Hall–Kier alpha value is -3.41. The summed E-state index contributed by atoms with van der Waals surface area (Å²) in [6.45, 7) is 5.85. The Morgan fingerprint density at radius 2 is 2.12 bits per heavy atom. The normalized spacial score (nSPS) is 10.3. The maximum absolute atomic E-state index is 11.7. The lowest BCUT2D eigenvalue weighted by molar-refractivity contribution is -0.122. The third-order valence-corrected chi connectivity index (χ3v) is 3.62. The Morgan fingerprint density at radius 1 is 1.27 bits per heavy atom. The molecule has 0 atom stereocenters. The Labute approximate surface area is 151 Å². The van der Waals surface area contributed by atoms with Gasteiger partial charge in [0.25, 0.3) is 11.8 Å². The number of nitrogens with one attached hydrogen (secondary N) is 1. The van der Waals surface area contributed by atoms with E-state index in [1.165, 1.54) is 0 Å². The molecule has 0 fully saturated rings. The second-order valence-corrected chi connectivity index (χ2v) is 5.67. The SMILES string of the molecule is C=CCNC(=O)COc1ccccc1-c1nc(-c2cccc(C)c2)no1. The van der Waals surface area contributed by atoms with Crippen molar-refractivity contribution >= 4 is 5.91 Å². The summed E-state index contributed by atoms with van der Waals surface area (Å²) < 4.78 is 11.0. The standard InChI is InChI=1S/C20H19N3O3/c1-3-11-21-18(24)13-25-17-10-5-4-9-16(17)20-22-19(23-26-20)15-8-6-7-14(2)12-15/h3-10,12H,1,11,13H2,2H3,(H,21,24). The van der Waals surface area contributed by atoms with Crippen molar-refractivity contribution in [3.63, 3.8) is 0 Å². The molecule has 0 saturated heterocycles. The van der Waals surface area contributed by atoms with Gasteiger partial charge in [-0.3, -0.25) is 4.79 Å². The minimum atomic E-state index is -0.231. The third kappa shape index (κ3) is 4.16. The monoisotopic (exact) mass is 349 g/mol. The van der Waals surface area contributed by atoms with E-state index >= 15 is 0 Å². The van der Waals surface area contributed by atoms with Gasteiger partial charge in [0.05, 0.1) is 5.56 Å². The van der Waals surface area contributed by atoms with E-state index in [4.69, 9.17) is 9.26 Å². The molecule has 1 N–H and O–H groups in total. The van der Waals surface area contributed by atoms with Gasteiger partial charge < -0.3 is 14.6 Å². The Bertz CT molecular complexity index is 918. The molecule has 1 aromatic heterocycles. The summed E-state index contributed by atoms with van der Waals surface area (Å²) in [6, 6.07) is 15.1. The van der Waals surface area contributed by atoms with Crippen LogP contribution in [0, 0.1) is 6.92 Å². The van der Waals surface area contributed by atoms with Crippen molar-refractivity contribution in [2.45, 2.75) is 6.92 Å². The van der Waals surface area contributed by atoms with Crippen LogP contribution in [0.15, 0.2) is 65.7 Å². The van der Waals surface area contributed by atoms with E-state index in [0.717, 1.165) is 11.1 Å². The highest BCUT2D eigenvalue weighted by atomic mass is 16.5. The molecule has 0 saturated carbocycles. The molecule has 3 aromatic rings. The fourth-order valence-electron chi connectivity index (χ4n) is 2.38. The van der Waals surface area contributed by atoms with Crippen molar-refractivity contribution in [2.24, 2.45) is 0 Å². The number of carbonyl (C=O) groups is 1. The van der Waals surface area contributed by atoms with E-state index in [9.17, 15) is 4.79 Å². The fraction of sp³-hybridized carbons (Fsp3) is 0.150. The largest absolute Gasteiger partial charge is 0.483 e. The number of carbonyl (C=O) groups excluding carboxylic acids is 1. The molecule has 0 unspecified atom stereocenters. The van der Waals surface area contributed by atoms with Gasteiger partial charge in [-0.2, -0.15) is 4.98 Å². The lowest BCUT2D eigenvalue weighted by Crippen LogP contribution is -2.28. The van der Waals surface area contributed by atoms with Crippen LogP contribution in [0.25, 0.3) is 22.8 Å². The van der Waals surface area contributed by atoms with E-state index in [1.807, 2.05) is 49.4 Å². The number of rotatable bonds is 7. The Kier molecular flexibility index (Phi) is 5.43. The summed E-state index contributed by atoms with van der Waals surface area (Å²) in [5.41, 5.74) is 2.63. The van der Waals surface area contributed by atoms with Gasteiger partial charge in [0.1, 0.15) is 5.75 Å². The van der Waals surface area contributed by atoms with E-state index < -0.39 is 0 Å². The molecule has 1 amide bonds. The quantitative estimate of drug-likeness (QED) is 0.662. The van der Waals surface area contributed by atoms with Crippen molar-refractivity contribution in [1.29, 1.82) is 0 Å². The van der Waals surface area contributed by atoms with Gasteiger partial charge >= 0.3 is 0 Å². The lowest BCUT2D eigenvalue weighted by Gasteiger charge is -2.08. The lowest BCUT2D eigenvalue weighted by atomic mass is 10.1. The molecule has 0 aliphatic carbocycles. The van der Waals surface area contributed by atoms with Crippen LogP contribution < -0.4 is 10.1 Å². The Balaban J connectivity index is 1.80. The molecule has 6 nitrogen and oxygen atoms in total. The number of ether oxygens (including phenoxy) is 1. The molecule has 0 radical (unpaired) electrons. The van der Waals surface area contributed by atoms with Crippen LogP contribution in [0.3, 0.4) is 0 Å². The van der Waals surface area contributed by atoms with Crippen LogP contribution in [0.1, 0.15) is 5.56 Å². The molecule has 26 heavy (non-hydrogen) atoms. The summed E-state index contributed by atoms with van der Waals surface area (Å²) in [4.78, 5) is 16.2. The van der Waals surface area contributed by atoms with Crippen molar-refractivity contribution in [2.75, 3.05) is 13.2 Å². The summed E-state index contributed by atoms with van der Waals surface area (Å²) in [7, 11) is 0. The maximum atomic E-state index is 11.7. The zero-order valence-corrected chi connectivity index (χ0v) is 14.4. The van der Waals surface area contributed by atoms with Crippen molar-refractivity contribution < 1.29 is 14.1 Å². The highest BCUT2D eigenvalue weighted by Gasteiger charge is 2.15. The van der Waals surface area contributed by atoms with Crippen LogP contribution in [0.4, 0.5) is 0 Å². The first-order valence-corrected chi connectivity index (χ1v) is 8.18. The van der Waals surface area contributed by atoms with E-state index in [2.05, 4.69) is 22.0 Å². The number of aromatic nitrogens is 2. The predicted octanol–water partition coefficient (Wildman–Crippen LogP) is 3.39. The van der Waals surface area contributed by atoms with Gasteiger partial charge in [0.15, 0.2) is 6.61 Å². The fourth-order valence-corrected chi connectivity index (χ4v) is 2.38.